The topological polar surface area (TPSA) is 123 Å². The molecule has 8 nitrogen and oxygen atoms in total. The number of ether oxygens (including phenoxy) is 2. The Morgan fingerprint density at radius 3 is 2.08 bits per heavy atom. The van der Waals surface area contributed by atoms with Crippen molar-refractivity contribution in [1.82, 2.24) is 10.6 Å². The lowest BCUT2D eigenvalue weighted by Gasteiger charge is -2.26. The van der Waals surface area contributed by atoms with Gasteiger partial charge in [-0.25, -0.2) is 0 Å². The first kappa shape index (κ1) is 27.4. The summed E-state index contributed by atoms with van der Waals surface area (Å²) in [4.78, 5) is 39.4. The smallest absolute Gasteiger partial charge is 0.243 e. The Labute approximate surface area is 212 Å². The molecule has 1 heterocycles. The Bertz CT molecular complexity index is 1030. The standard InChI is InChI=1S/C28H37N3O5/c1-18(2)14-23(25(32)28(3)17-36-28)30-27(34)24(16-19-8-6-5-7-9-19)31-26(33)22(29)15-20-10-12-21(35-4)13-11-20/h5-13,18,22-24H,14-17,29H2,1-4H3,(H,30,34)(H,31,33)/t22?,23?,24-,28+/m0/s1. The van der Waals surface area contributed by atoms with Crippen LogP contribution >= 0.6 is 0 Å². The molecule has 4 atom stereocenters. The molecule has 1 aliphatic heterocycles. The van der Waals surface area contributed by atoms with Crippen LogP contribution in [0.2, 0.25) is 0 Å². The summed E-state index contributed by atoms with van der Waals surface area (Å²) in [7, 11) is 1.59. The van der Waals surface area contributed by atoms with Crippen LogP contribution in [0.15, 0.2) is 54.6 Å². The maximum absolute atomic E-state index is 13.4. The summed E-state index contributed by atoms with van der Waals surface area (Å²) in [5.74, 6) is -0.113. The molecular formula is C28H37N3O5. The molecule has 0 spiro atoms. The highest BCUT2D eigenvalue weighted by Gasteiger charge is 2.50. The van der Waals surface area contributed by atoms with Gasteiger partial charge in [-0.2, -0.15) is 0 Å². The number of carbonyl (C=O) groups is 3. The molecule has 2 aromatic carbocycles. The summed E-state index contributed by atoms with van der Waals surface area (Å²) in [5, 5.41) is 5.70. The van der Waals surface area contributed by atoms with Crippen LogP contribution in [0.3, 0.4) is 0 Å². The molecule has 0 saturated carbocycles. The van der Waals surface area contributed by atoms with Gasteiger partial charge in [0.05, 0.1) is 25.8 Å². The van der Waals surface area contributed by atoms with Gasteiger partial charge in [-0.15, -0.1) is 0 Å². The van der Waals surface area contributed by atoms with Crippen molar-refractivity contribution in [2.75, 3.05) is 13.7 Å². The van der Waals surface area contributed by atoms with Gasteiger partial charge >= 0.3 is 0 Å². The van der Waals surface area contributed by atoms with E-state index in [1.807, 2.05) is 68.4 Å². The lowest BCUT2D eigenvalue weighted by Crippen LogP contribution is -2.56. The Hall–Kier alpha value is -3.23. The number of Topliss-reactive ketones (excluding diaryl/α,β-unsaturated/α-hetero) is 1. The number of hydrogen-bond acceptors (Lipinski definition) is 6. The largest absolute Gasteiger partial charge is 0.497 e. The predicted molar refractivity (Wildman–Crippen MR) is 137 cm³/mol. The molecule has 2 aromatic rings. The molecular weight excluding hydrogens is 458 g/mol. The molecule has 194 valence electrons. The fourth-order valence-electron chi connectivity index (χ4n) is 4.04. The minimum Gasteiger partial charge on any atom is -0.497 e. The molecule has 0 aromatic heterocycles. The highest BCUT2D eigenvalue weighted by Crippen LogP contribution is 2.29. The minimum atomic E-state index is -0.891. The number of ketones is 1. The molecule has 8 heteroatoms. The minimum absolute atomic E-state index is 0.148. The van der Waals surface area contributed by atoms with Crippen molar-refractivity contribution >= 4 is 17.6 Å². The van der Waals surface area contributed by atoms with Crippen molar-refractivity contribution in [3.8, 4) is 5.75 Å². The molecule has 4 N–H and O–H groups in total. The predicted octanol–water partition coefficient (Wildman–Crippen LogP) is 2.18. The van der Waals surface area contributed by atoms with E-state index < -0.39 is 35.5 Å². The quantitative estimate of drug-likeness (QED) is 0.366. The molecule has 1 aliphatic rings. The van der Waals surface area contributed by atoms with E-state index in [1.54, 1.807) is 14.0 Å². The summed E-state index contributed by atoms with van der Waals surface area (Å²) in [6, 6.07) is 14.3. The van der Waals surface area contributed by atoms with E-state index in [-0.39, 0.29) is 18.1 Å². The van der Waals surface area contributed by atoms with Gasteiger partial charge in [0.15, 0.2) is 5.78 Å². The van der Waals surface area contributed by atoms with E-state index in [2.05, 4.69) is 10.6 Å². The van der Waals surface area contributed by atoms with E-state index in [0.717, 1.165) is 11.1 Å². The molecule has 3 rings (SSSR count). The van der Waals surface area contributed by atoms with Gasteiger partial charge in [0.25, 0.3) is 0 Å². The fraction of sp³-hybridized carbons (Fsp3) is 0.464. The lowest BCUT2D eigenvalue weighted by atomic mass is 9.93. The molecule has 0 radical (unpaired) electrons. The third-order valence-electron chi connectivity index (χ3n) is 6.31. The van der Waals surface area contributed by atoms with Crippen LogP contribution in [0.4, 0.5) is 0 Å². The number of amides is 2. The Kier molecular flexibility index (Phi) is 9.23. The van der Waals surface area contributed by atoms with Crippen molar-refractivity contribution in [3.05, 3.63) is 65.7 Å². The Balaban J connectivity index is 1.72. The number of benzene rings is 2. The zero-order valence-electron chi connectivity index (χ0n) is 21.5. The first-order valence-corrected chi connectivity index (χ1v) is 12.3. The molecule has 36 heavy (non-hydrogen) atoms. The maximum Gasteiger partial charge on any atom is 0.243 e. The molecule has 2 unspecified atom stereocenters. The van der Waals surface area contributed by atoms with E-state index in [9.17, 15) is 14.4 Å². The fourth-order valence-corrected chi connectivity index (χ4v) is 4.04. The average molecular weight is 496 g/mol. The van der Waals surface area contributed by atoms with Crippen LogP contribution in [-0.2, 0) is 32.0 Å². The first-order valence-electron chi connectivity index (χ1n) is 12.3. The number of rotatable bonds is 13. The third-order valence-corrected chi connectivity index (χ3v) is 6.31. The summed E-state index contributed by atoms with van der Waals surface area (Å²) < 4.78 is 10.5. The summed E-state index contributed by atoms with van der Waals surface area (Å²) in [6.45, 7) is 6.06. The van der Waals surface area contributed by atoms with Crippen molar-refractivity contribution in [1.29, 1.82) is 0 Å². The van der Waals surface area contributed by atoms with Gasteiger partial charge in [-0.1, -0.05) is 56.3 Å². The van der Waals surface area contributed by atoms with Crippen molar-refractivity contribution in [3.63, 3.8) is 0 Å². The molecule has 1 fully saturated rings. The number of epoxide rings is 1. The second kappa shape index (κ2) is 12.1. The highest BCUT2D eigenvalue weighted by molar-refractivity contribution is 5.98. The van der Waals surface area contributed by atoms with Gasteiger partial charge in [0.2, 0.25) is 11.8 Å². The number of hydrogen-bond donors (Lipinski definition) is 3. The van der Waals surface area contributed by atoms with Gasteiger partial charge in [-0.3, -0.25) is 14.4 Å². The molecule has 0 bridgehead atoms. The SMILES string of the molecule is COc1ccc(CC(N)C(=O)N[C@@H](Cc2ccccc2)C(=O)NC(CC(C)C)C(=O)[C@@]2(C)CO2)cc1. The third kappa shape index (κ3) is 7.63. The normalized spacial score (nSPS) is 19.2. The monoisotopic (exact) mass is 495 g/mol. The summed E-state index contributed by atoms with van der Waals surface area (Å²) in [6.07, 6.45) is 1.05. The molecule has 2 amide bonds. The van der Waals surface area contributed by atoms with E-state index >= 15 is 0 Å². The Morgan fingerprint density at radius 2 is 1.53 bits per heavy atom. The maximum atomic E-state index is 13.4. The number of nitrogens with one attached hydrogen (secondary N) is 2. The lowest BCUT2D eigenvalue weighted by molar-refractivity contribution is -0.133. The van der Waals surface area contributed by atoms with Gasteiger partial charge < -0.3 is 25.8 Å². The summed E-state index contributed by atoms with van der Waals surface area (Å²) >= 11 is 0. The average Bonchev–Trinajstić information content (AvgIpc) is 3.61. The van der Waals surface area contributed by atoms with Crippen LogP contribution in [-0.4, -0.2) is 55.0 Å². The van der Waals surface area contributed by atoms with Gasteiger partial charge in [0, 0.05) is 6.42 Å². The van der Waals surface area contributed by atoms with Gasteiger partial charge in [0.1, 0.15) is 17.4 Å². The second-order valence-corrected chi connectivity index (χ2v) is 9.98. The zero-order valence-corrected chi connectivity index (χ0v) is 21.5. The summed E-state index contributed by atoms with van der Waals surface area (Å²) in [5.41, 5.74) is 7.10. The van der Waals surface area contributed by atoms with E-state index in [1.165, 1.54) is 0 Å². The van der Waals surface area contributed by atoms with Crippen molar-refractivity contribution < 1.29 is 23.9 Å². The van der Waals surface area contributed by atoms with E-state index in [4.69, 9.17) is 15.2 Å². The Morgan fingerprint density at radius 1 is 0.944 bits per heavy atom. The second-order valence-electron chi connectivity index (χ2n) is 9.98. The number of nitrogens with two attached hydrogens (primary N) is 1. The van der Waals surface area contributed by atoms with Crippen molar-refractivity contribution in [2.45, 2.75) is 63.8 Å². The van der Waals surface area contributed by atoms with Crippen LogP contribution in [0.5, 0.6) is 5.75 Å². The van der Waals surface area contributed by atoms with Crippen LogP contribution in [0, 0.1) is 5.92 Å². The van der Waals surface area contributed by atoms with Crippen LogP contribution in [0.25, 0.3) is 0 Å². The zero-order chi connectivity index (χ0) is 26.3. The molecule has 0 aliphatic carbocycles. The van der Waals surface area contributed by atoms with E-state index in [0.29, 0.717) is 25.2 Å². The van der Waals surface area contributed by atoms with Gasteiger partial charge in [-0.05, 0) is 48.9 Å². The number of methoxy groups -OCH3 is 1. The number of carbonyl (C=O) groups excluding carboxylic acids is 3. The van der Waals surface area contributed by atoms with Crippen molar-refractivity contribution in [2.24, 2.45) is 11.7 Å². The van der Waals surface area contributed by atoms with Crippen LogP contribution < -0.4 is 21.1 Å². The first-order chi connectivity index (χ1) is 17.1. The molecule has 1 saturated heterocycles. The van der Waals surface area contributed by atoms with Crippen LogP contribution in [0.1, 0.15) is 38.3 Å². The highest BCUT2D eigenvalue weighted by atomic mass is 16.6.